The van der Waals surface area contributed by atoms with Gasteiger partial charge in [0, 0.05) is 35.2 Å². The molecule has 2 heterocycles. The predicted octanol–water partition coefficient (Wildman–Crippen LogP) is 4.27. The standard InChI is InChI=1S/C21H15ClFN5O2/c22-13-3-2-10(12-8-26-28-19(12)13)17-11-6-16(30-21(9-24)4-1-5-21)14(23)7-15(11)27-20(29)18(17)25/h2-3,6-8H,1,4-5,25H2,(H,26,28)(H,27,29). The van der Waals surface area contributed by atoms with Gasteiger partial charge in [-0.25, -0.2) is 4.39 Å². The van der Waals surface area contributed by atoms with E-state index in [0.717, 1.165) is 6.42 Å². The van der Waals surface area contributed by atoms with Crippen molar-refractivity contribution >= 4 is 39.1 Å². The van der Waals surface area contributed by atoms with E-state index in [0.29, 0.717) is 45.3 Å². The van der Waals surface area contributed by atoms with E-state index in [9.17, 15) is 14.4 Å². The molecule has 1 aliphatic rings. The molecule has 0 saturated heterocycles. The zero-order valence-electron chi connectivity index (χ0n) is 15.6. The number of hydrogen-bond donors (Lipinski definition) is 3. The smallest absolute Gasteiger partial charge is 0.272 e. The van der Waals surface area contributed by atoms with Crippen LogP contribution in [0.3, 0.4) is 0 Å². The number of nitrogens with one attached hydrogen (secondary N) is 2. The molecule has 1 aliphatic carbocycles. The predicted molar refractivity (Wildman–Crippen MR) is 112 cm³/mol. The number of benzene rings is 2. The molecule has 1 saturated carbocycles. The second kappa shape index (κ2) is 6.47. The Kier molecular flexibility index (Phi) is 3.98. The lowest BCUT2D eigenvalue weighted by Gasteiger charge is -2.35. The average molecular weight is 424 g/mol. The first-order valence-electron chi connectivity index (χ1n) is 9.30. The third kappa shape index (κ3) is 2.63. The second-order valence-corrected chi connectivity index (χ2v) is 7.79. The second-order valence-electron chi connectivity index (χ2n) is 7.39. The Hall–Kier alpha value is -3.57. The summed E-state index contributed by atoms with van der Waals surface area (Å²) in [6.45, 7) is 0. The van der Waals surface area contributed by atoms with Crippen molar-refractivity contribution in [2.24, 2.45) is 0 Å². The molecule has 5 rings (SSSR count). The Labute approximate surface area is 174 Å². The minimum Gasteiger partial charge on any atom is -0.469 e. The summed E-state index contributed by atoms with van der Waals surface area (Å²) in [5, 5.41) is 17.9. The molecule has 0 bridgehead atoms. The van der Waals surface area contributed by atoms with Gasteiger partial charge in [-0.1, -0.05) is 17.7 Å². The third-order valence-electron chi connectivity index (χ3n) is 5.61. The number of nitrogens with two attached hydrogens (primary N) is 1. The highest BCUT2D eigenvalue weighted by atomic mass is 35.5. The van der Waals surface area contributed by atoms with Crippen LogP contribution in [-0.2, 0) is 0 Å². The molecule has 0 amide bonds. The van der Waals surface area contributed by atoms with Crippen LogP contribution in [0.15, 0.2) is 35.3 Å². The Morgan fingerprint density at radius 2 is 2.10 bits per heavy atom. The van der Waals surface area contributed by atoms with E-state index in [2.05, 4.69) is 21.3 Å². The summed E-state index contributed by atoms with van der Waals surface area (Å²) in [7, 11) is 0. The van der Waals surface area contributed by atoms with Crippen molar-refractivity contribution in [3.8, 4) is 22.9 Å². The highest BCUT2D eigenvalue weighted by molar-refractivity contribution is 6.35. The van der Waals surface area contributed by atoms with Gasteiger partial charge in [0.1, 0.15) is 11.8 Å². The van der Waals surface area contributed by atoms with E-state index >= 15 is 0 Å². The first kappa shape index (κ1) is 18.5. The van der Waals surface area contributed by atoms with E-state index in [4.69, 9.17) is 22.1 Å². The maximum absolute atomic E-state index is 14.7. The topological polar surface area (TPSA) is 121 Å². The largest absolute Gasteiger partial charge is 0.469 e. The van der Waals surface area contributed by atoms with Crippen LogP contribution in [0, 0.1) is 17.1 Å². The molecule has 4 aromatic rings. The summed E-state index contributed by atoms with van der Waals surface area (Å²) in [6, 6.07) is 8.20. The highest BCUT2D eigenvalue weighted by Crippen LogP contribution is 2.41. The van der Waals surface area contributed by atoms with Crippen LogP contribution in [0.5, 0.6) is 5.75 Å². The summed E-state index contributed by atoms with van der Waals surface area (Å²) >= 11 is 6.23. The molecule has 2 aromatic carbocycles. The number of aromatic amines is 2. The molecule has 4 N–H and O–H groups in total. The zero-order chi connectivity index (χ0) is 21.0. The van der Waals surface area contributed by atoms with Crippen molar-refractivity contribution in [3.05, 3.63) is 51.7 Å². The number of ether oxygens (including phenoxy) is 1. The molecule has 0 spiro atoms. The number of aromatic nitrogens is 3. The van der Waals surface area contributed by atoms with E-state index in [1.807, 2.05) is 0 Å². The van der Waals surface area contributed by atoms with Crippen molar-refractivity contribution in [1.29, 1.82) is 5.26 Å². The molecular weight excluding hydrogens is 409 g/mol. The van der Waals surface area contributed by atoms with Gasteiger partial charge in [-0.2, -0.15) is 10.4 Å². The molecule has 7 nitrogen and oxygen atoms in total. The number of nitriles is 1. The summed E-state index contributed by atoms with van der Waals surface area (Å²) in [5.41, 5.74) is 6.47. The number of pyridine rings is 1. The highest BCUT2D eigenvalue weighted by Gasteiger charge is 2.40. The average Bonchev–Trinajstić information content (AvgIpc) is 3.19. The van der Waals surface area contributed by atoms with Crippen molar-refractivity contribution in [3.63, 3.8) is 0 Å². The van der Waals surface area contributed by atoms with E-state index in [1.165, 1.54) is 12.1 Å². The summed E-state index contributed by atoms with van der Waals surface area (Å²) in [6.07, 6.45) is 3.50. The SMILES string of the molecule is N#CC1(Oc2cc3c(-c4ccc(Cl)c5[nH]ncc45)c(N)c(=O)[nH]c3cc2F)CCC1. The van der Waals surface area contributed by atoms with Crippen LogP contribution in [0.2, 0.25) is 5.02 Å². The van der Waals surface area contributed by atoms with Crippen molar-refractivity contribution in [1.82, 2.24) is 15.2 Å². The number of hydrogen-bond acceptors (Lipinski definition) is 5. The Morgan fingerprint density at radius 1 is 1.30 bits per heavy atom. The molecule has 1 fully saturated rings. The lowest BCUT2D eigenvalue weighted by molar-refractivity contribution is 0.0441. The number of H-pyrrole nitrogens is 2. The van der Waals surface area contributed by atoms with E-state index in [-0.39, 0.29) is 17.0 Å². The lowest BCUT2D eigenvalue weighted by atomic mass is 9.81. The first-order chi connectivity index (χ1) is 14.4. The van der Waals surface area contributed by atoms with Gasteiger partial charge in [0.25, 0.3) is 5.56 Å². The lowest BCUT2D eigenvalue weighted by Crippen LogP contribution is -2.41. The van der Waals surface area contributed by atoms with Gasteiger partial charge in [0.15, 0.2) is 17.2 Å². The van der Waals surface area contributed by atoms with Crippen LogP contribution in [0.4, 0.5) is 10.1 Å². The van der Waals surface area contributed by atoms with Crippen LogP contribution in [0.1, 0.15) is 19.3 Å². The van der Waals surface area contributed by atoms with Gasteiger partial charge in [-0.05, 0) is 24.1 Å². The van der Waals surface area contributed by atoms with Crippen LogP contribution < -0.4 is 16.0 Å². The van der Waals surface area contributed by atoms with E-state index in [1.54, 1.807) is 18.3 Å². The molecule has 2 aromatic heterocycles. The fraction of sp³-hybridized carbons (Fsp3) is 0.190. The fourth-order valence-corrected chi connectivity index (χ4v) is 4.05. The minimum atomic E-state index is -1.03. The Morgan fingerprint density at radius 3 is 2.80 bits per heavy atom. The van der Waals surface area contributed by atoms with Crippen molar-refractivity contribution < 1.29 is 9.13 Å². The molecule has 0 aliphatic heterocycles. The molecule has 0 atom stereocenters. The number of rotatable bonds is 3. The van der Waals surface area contributed by atoms with E-state index < -0.39 is 17.0 Å². The number of anilines is 1. The number of halogens is 2. The molecule has 150 valence electrons. The molecule has 30 heavy (non-hydrogen) atoms. The minimum absolute atomic E-state index is 0.0245. The van der Waals surface area contributed by atoms with Crippen LogP contribution in [-0.4, -0.2) is 20.8 Å². The fourth-order valence-electron chi connectivity index (χ4n) is 3.85. The normalized spacial score (nSPS) is 15.1. The Balaban J connectivity index is 1.80. The van der Waals surface area contributed by atoms with Gasteiger partial charge in [-0.3, -0.25) is 9.89 Å². The van der Waals surface area contributed by atoms with Crippen molar-refractivity contribution in [2.45, 2.75) is 24.9 Å². The molecule has 0 unspecified atom stereocenters. The maximum Gasteiger partial charge on any atom is 0.272 e. The van der Waals surface area contributed by atoms with Crippen LogP contribution >= 0.6 is 11.6 Å². The summed E-state index contributed by atoms with van der Waals surface area (Å²) < 4.78 is 20.5. The number of nitrogen functional groups attached to an aromatic ring is 1. The first-order valence-corrected chi connectivity index (χ1v) is 9.67. The van der Waals surface area contributed by atoms with Gasteiger partial charge < -0.3 is 15.5 Å². The van der Waals surface area contributed by atoms with Gasteiger partial charge in [-0.15, -0.1) is 0 Å². The van der Waals surface area contributed by atoms with Crippen LogP contribution in [0.25, 0.3) is 32.9 Å². The molecule has 9 heteroatoms. The maximum atomic E-state index is 14.7. The zero-order valence-corrected chi connectivity index (χ0v) is 16.3. The number of fused-ring (bicyclic) bond motifs is 2. The van der Waals surface area contributed by atoms with Gasteiger partial charge >= 0.3 is 0 Å². The molecule has 0 radical (unpaired) electrons. The quantitative estimate of drug-likeness (QED) is 0.454. The van der Waals surface area contributed by atoms with Gasteiger partial charge in [0.2, 0.25) is 0 Å². The Bertz CT molecular complexity index is 1430. The van der Waals surface area contributed by atoms with Gasteiger partial charge in [0.05, 0.1) is 22.3 Å². The molecular formula is C21H15ClFN5O2. The summed E-state index contributed by atoms with van der Waals surface area (Å²) in [5.74, 6) is -0.728. The monoisotopic (exact) mass is 423 g/mol. The number of nitrogens with zero attached hydrogens (tertiary/aromatic N) is 2. The van der Waals surface area contributed by atoms with Crippen molar-refractivity contribution in [2.75, 3.05) is 5.73 Å². The third-order valence-corrected chi connectivity index (χ3v) is 5.92. The summed E-state index contributed by atoms with van der Waals surface area (Å²) in [4.78, 5) is 15.1.